The van der Waals surface area contributed by atoms with Crippen molar-refractivity contribution >= 4 is 11.6 Å². The number of hydrogen-bond donors (Lipinski definition) is 4. The van der Waals surface area contributed by atoms with Gasteiger partial charge in [0, 0.05) is 50.6 Å². The molecule has 0 aromatic heterocycles. The molecule has 8 nitrogen and oxygen atoms in total. The van der Waals surface area contributed by atoms with Gasteiger partial charge >= 0.3 is 0 Å². The SMILES string of the molecule is CCCCC1(CC)CC2=NCC(F)CCC1NC(N)C2C(=O)NC1CNCCC1N1CCCOCCC1. The van der Waals surface area contributed by atoms with Crippen molar-refractivity contribution in [2.45, 2.75) is 109 Å². The van der Waals surface area contributed by atoms with Crippen molar-refractivity contribution in [1.29, 1.82) is 0 Å². The summed E-state index contributed by atoms with van der Waals surface area (Å²) in [5, 5.41) is 10.5. The van der Waals surface area contributed by atoms with Gasteiger partial charge in [-0.2, -0.15) is 0 Å². The molecule has 37 heavy (non-hydrogen) atoms. The van der Waals surface area contributed by atoms with E-state index in [0.29, 0.717) is 12.5 Å². The average Bonchev–Trinajstić information content (AvgIpc) is 2.94. The summed E-state index contributed by atoms with van der Waals surface area (Å²) in [5.41, 5.74) is 7.51. The van der Waals surface area contributed by atoms with Crippen LogP contribution in [0.3, 0.4) is 0 Å². The number of alkyl halides is 1. The summed E-state index contributed by atoms with van der Waals surface area (Å²) in [6.07, 6.45) is 7.71. The fourth-order valence-electron chi connectivity index (χ4n) is 7.15. The Morgan fingerprint density at radius 2 is 2.03 bits per heavy atom. The molecular formula is C28H51FN6O2. The van der Waals surface area contributed by atoms with E-state index >= 15 is 0 Å². The summed E-state index contributed by atoms with van der Waals surface area (Å²) in [5.74, 6) is -0.642. The van der Waals surface area contributed by atoms with Gasteiger partial charge in [0.1, 0.15) is 12.1 Å². The first-order valence-corrected chi connectivity index (χ1v) is 15.0. The van der Waals surface area contributed by atoms with E-state index in [2.05, 4.69) is 34.7 Å². The molecule has 3 saturated heterocycles. The van der Waals surface area contributed by atoms with Crippen LogP contribution >= 0.6 is 0 Å². The van der Waals surface area contributed by atoms with Crippen LogP contribution in [0.5, 0.6) is 0 Å². The summed E-state index contributed by atoms with van der Waals surface area (Å²) in [6.45, 7) is 9.86. The minimum atomic E-state index is -0.973. The van der Waals surface area contributed by atoms with Crippen LogP contribution < -0.4 is 21.7 Å². The number of rotatable bonds is 7. The van der Waals surface area contributed by atoms with Crippen molar-refractivity contribution < 1.29 is 13.9 Å². The van der Waals surface area contributed by atoms with Crippen LogP contribution in [0.1, 0.15) is 78.1 Å². The van der Waals surface area contributed by atoms with E-state index in [4.69, 9.17) is 15.5 Å². The zero-order valence-electron chi connectivity index (χ0n) is 23.2. The third-order valence-corrected chi connectivity index (χ3v) is 9.37. The van der Waals surface area contributed by atoms with Crippen LogP contribution in [-0.2, 0) is 9.53 Å². The topological polar surface area (TPSA) is 104 Å². The molecule has 1 amide bonds. The third kappa shape index (κ3) is 7.10. The monoisotopic (exact) mass is 522 g/mol. The highest BCUT2D eigenvalue weighted by Crippen LogP contribution is 2.43. The van der Waals surface area contributed by atoms with Crippen molar-refractivity contribution in [3.05, 3.63) is 0 Å². The Morgan fingerprint density at radius 1 is 1.24 bits per heavy atom. The predicted octanol–water partition coefficient (Wildman–Crippen LogP) is 2.37. The maximum Gasteiger partial charge on any atom is 0.232 e. The van der Waals surface area contributed by atoms with Crippen LogP contribution in [0, 0.1) is 11.3 Å². The van der Waals surface area contributed by atoms with Crippen molar-refractivity contribution in [1.82, 2.24) is 20.9 Å². The lowest BCUT2D eigenvalue weighted by Gasteiger charge is -2.42. The quantitative estimate of drug-likeness (QED) is 0.409. The summed E-state index contributed by atoms with van der Waals surface area (Å²) < 4.78 is 20.4. The van der Waals surface area contributed by atoms with Crippen molar-refractivity contribution in [3.63, 3.8) is 0 Å². The lowest BCUT2D eigenvalue weighted by molar-refractivity contribution is -0.125. The molecule has 0 spiro atoms. The molecule has 3 fully saturated rings. The highest BCUT2D eigenvalue weighted by Gasteiger charge is 2.47. The lowest BCUT2D eigenvalue weighted by Crippen LogP contribution is -2.63. The number of piperidine rings is 1. The van der Waals surface area contributed by atoms with E-state index in [1.54, 1.807) is 0 Å². The number of nitrogens with one attached hydrogen (secondary N) is 3. The minimum absolute atomic E-state index is 0.00643. The van der Waals surface area contributed by atoms with Gasteiger partial charge in [-0.3, -0.25) is 20.0 Å². The fourth-order valence-corrected chi connectivity index (χ4v) is 7.15. The lowest BCUT2D eigenvalue weighted by atomic mass is 9.69. The molecule has 4 rings (SSSR count). The highest BCUT2D eigenvalue weighted by atomic mass is 19.1. The van der Waals surface area contributed by atoms with E-state index in [9.17, 15) is 9.18 Å². The average molecular weight is 523 g/mol. The summed E-state index contributed by atoms with van der Waals surface area (Å²) in [4.78, 5) is 21.3. The molecule has 9 heteroatoms. The summed E-state index contributed by atoms with van der Waals surface area (Å²) >= 11 is 0. The second-order valence-electron chi connectivity index (χ2n) is 11.8. The molecule has 0 aromatic carbocycles. The van der Waals surface area contributed by atoms with E-state index < -0.39 is 18.3 Å². The molecule has 4 heterocycles. The van der Waals surface area contributed by atoms with Gasteiger partial charge in [0.25, 0.3) is 0 Å². The second kappa shape index (κ2) is 13.8. The first-order valence-electron chi connectivity index (χ1n) is 15.0. The van der Waals surface area contributed by atoms with Crippen molar-refractivity contribution in [3.8, 4) is 0 Å². The molecule has 0 radical (unpaired) electrons. The molecule has 5 N–H and O–H groups in total. The third-order valence-electron chi connectivity index (χ3n) is 9.37. The molecule has 0 aromatic rings. The van der Waals surface area contributed by atoms with Gasteiger partial charge < -0.3 is 21.1 Å². The molecule has 0 aliphatic carbocycles. The summed E-state index contributed by atoms with van der Waals surface area (Å²) in [6, 6.07) is 0.387. The normalized spacial score (nSPS) is 38.3. The Bertz CT molecular complexity index is 761. The van der Waals surface area contributed by atoms with Crippen LogP contribution in [0.4, 0.5) is 4.39 Å². The van der Waals surface area contributed by atoms with Crippen LogP contribution in [0.15, 0.2) is 4.99 Å². The van der Waals surface area contributed by atoms with Crippen LogP contribution in [0.25, 0.3) is 0 Å². The van der Waals surface area contributed by atoms with E-state index in [1.807, 2.05) is 0 Å². The van der Waals surface area contributed by atoms with Gasteiger partial charge in [0.05, 0.1) is 18.8 Å². The molecule has 4 aliphatic heterocycles. The maximum atomic E-state index is 14.7. The number of nitrogens with two attached hydrogens (primary N) is 1. The maximum absolute atomic E-state index is 14.7. The van der Waals surface area contributed by atoms with Crippen LogP contribution in [0.2, 0.25) is 0 Å². The van der Waals surface area contributed by atoms with E-state index in [0.717, 1.165) is 103 Å². The number of amides is 1. The zero-order valence-corrected chi connectivity index (χ0v) is 23.2. The number of ether oxygens (including phenoxy) is 1. The van der Waals surface area contributed by atoms with Crippen molar-refractivity contribution in [2.75, 3.05) is 45.9 Å². The zero-order chi connectivity index (χ0) is 26.3. The fraction of sp³-hybridized carbons (Fsp3) is 0.929. The number of fused-ring (bicyclic) bond motifs is 3. The standard InChI is InChI=1S/C28H51FN6O2/c1-3-5-11-28(4-2)17-21-25(26(30)34-24(28)9-8-20(29)18-32-21)27(36)33-22-19-31-12-10-23(22)35-13-6-15-37-16-7-14-35/h20,22-26,31,34H,3-19,30H2,1-2H3,(H,33,36). The molecule has 7 atom stereocenters. The van der Waals surface area contributed by atoms with Gasteiger partial charge in [-0.05, 0) is 63.3 Å². The van der Waals surface area contributed by atoms with Crippen LogP contribution in [-0.4, -0.2) is 92.9 Å². The molecule has 2 bridgehead atoms. The first-order chi connectivity index (χ1) is 18.0. The second-order valence-corrected chi connectivity index (χ2v) is 11.8. The largest absolute Gasteiger partial charge is 0.381 e. The van der Waals surface area contributed by atoms with Gasteiger partial charge in [-0.1, -0.05) is 26.7 Å². The number of unbranched alkanes of at least 4 members (excludes halogenated alkanes) is 1. The molecule has 4 aliphatic rings. The van der Waals surface area contributed by atoms with E-state index in [1.165, 1.54) is 0 Å². The number of halogens is 1. The number of hydrogen-bond acceptors (Lipinski definition) is 7. The molecule has 0 saturated carbocycles. The van der Waals surface area contributed by atoms with Gasteiger partial charge in [-0.15, -0.1) is 0 Å². The Hall–Kier alpha value is -1.13. The molecular weight excluding hydrogens is 471 g/mol. The molecule has 7 unspecified atom stereocenters. The Morgan fingerprint density at radius 3 is 2.76 bits per heavy atom. The van der Waals surface area contributed by atoms with Gasteiger partial charge in [0.2, 0.25) is 5.91 Å². The number of carbonyl (C=O) groups excluding carboxylic acids is 1. The molecule has 212 valence electrons. The van der Waals surface area contributed by atoms with Gasteiger partial charge in [-0.25, -0.2) is 4.39 Å². The predicted molar refractivity (Wildman–Crippen MR) is 147 cm³/mol. The number of nitrogens with zero attached hydrogens (tertiary/aromatic N) is 2. The smallest absolute Gasteiger partial charge is 0.232 e. The first kappa shape index (κ1) is 28.9. The van der Waals surface area contributed by atoms with Gasteiger partial charge in [0.15, 0.2) is 0 Å². The highest BCUT2D eigenvalue weighted by molar-refractivity contribution is 6.05. The van der Waals surface area contributed by atoms with E-state index in [-0.39, 0.29) is 30.0 Å². The Labute approximate surface area is 223 Å². The van der Waals surface area contributed by atoms with Crippen molar-refractivity contribution in [2.24, 2.45) is 22.1 Å². The summed E-state index contributed by atoms with van der Waals surface area (Å²) in [7, 11) is 0. The number of carbonyl (C=O) groups is 1. The Kier molecular flexibility index (Phi) is 10.8. The minimum Gasteiger partial charge on any atom is -0.381 e. The Balaban J connectivity index is 1.56. The number of aliphatic imine (C=N–C) groups is 1.